The van der Waals surface area contributed by atoms with Gasteiger partial charge in [0.25, 0.3) is 0 Å². The van der Waals surface area contributed by atoms with Crippen LogP contribution in [0, 0.1) is 34.0 Å². The number of hydrogen-bond donors (Lipinski definition) is 16. The summed E-state index contributed by atoms with van der Waals surface area (Å²) in [5.74, 6) is -2.06. The summed E-state index contributed by atoms with van der Waals surface area (Å²) in [7, 11) is 1.37. The van der Waals surface area contributed by atoms with Crippen LogP contribution in [-0.4, -0.2) is 300 Å². The van der Waals surface area contributed by atoms with Crippen LogP contribution in [-0.2, 0) is 56.9 Å². The Morgan fingerprint density at radius 3 is 1.61 bits per heavy atom. The molecule has 1 spiro atoms. The first-order chi connectivity index (χ1) is 38.9. The molecular weight excluding hydrogens is 1100 g/mol. The average Bonchev–Trinajstić information content (AvgIpc) is 1.52. The maximum atomic E-state index is 14.9. The van der Waals surface area contributed by atoms with Gasteiger partial charge in [0.05, 0.1) is 76.1 Å². The summed E-state index contributed by atoms with van der Waals surface area (Å²) >= 11 is 0. The molecule has 9 fully saturated rings. The van der Waals surface area contributed by atoms with Gasteiger partial charge in [-0.25, -0.2) is 0 Å². The highest BCUT2D eigenvalue weighted by atomic mass is 16.8. The van der Waals surface area contributed by atoms with Crippen LogP contribution >= 0.6 is 0 Å². The third-order valence-electron chi connectivity index (χ3n) is 20.3. The van der Waals surface area contributed by atoms with Crippen LogP contribution in [0.4, 0.5) is 0 Å². The number of aliphatic hydroxyl groups is 16. The molecule has 11 unspecified atom stereocenters. The summed E-state index contributed by atoms with van der Waals surface area (Å²) in [4.78, 5) is 14.9. The fourth-order valence-corrected chi connectivity index (χ4v) is 15.8. The van der Waals surface area contributed by atoms with Crippen LogP contribution in [0.3, 0.4) is 0 Å². The second-order valence-corrected chi connectivity index (χ2v) is 25.0. The number of methoxy groups -OCH3 is 1. The van der Waals surface area contributed by atoms with Gasteiger partial charge in [0.1, 0.15) is 110 Å². The van der Waals surface area contributed by atoms with E-state index in [1.165, 1.54) is 7.11 Å². The lowest BCUT2D eigenvalue weighted by molar-refractivity contribution is -0.363. The second kappa shape index (κ2) is 25.7. The lowest BCUT2D eigenvalue weighted by Crippen LogP contribution is -2.65. The molecule has 9 rings (SSSR count). The molecule has 5 aliphatic heterocycles. The molecule has 0 aromatic carbocycles. The summed E-state index contributed by atoms with van der Waals surface area (Å²) in [6.07, 6.45) is -32.7. The van der Waals surface area contributed by atoms with E-state index in [1.807, 2.05) is 6.92 Å². The van der Waals surface area contributed by atoms with Crippen LogP contribution in [0.25, 0.3) is 0 Å². The molecular formula is C54H88O28. The van der Waals surface area contributed by atoms with E-state index in [-0.39, 0.29) is 43.7 Å². The largest absolute Gasteiger partial charge is 0.432 e. The van der Waals surface area contributed by atoms with Crippen molar-refractivity contribution in [3.63, 3.8) is 0 Å². The lowest BCUT2D eigenvalue weighted by Gasteiger charge is -2.64. The Bertz CT molecular complexity index is 2150. The van der Waals surface area contributed by atoms with Gasteiger partial charge >= 0.3 is 5.97 Å². The van der Waals surface area contributed by atoms with Crippen molar-refractivity contribution in [2.45, 2.75) is 224 Å². The van der Waals surface area contributed by atoms with Crippen molar-refractivity contribution in [1.29, 1.82) is 0 Å². The number of rotatable bonds is 19. The highest BCUT2D eigenvalue weighted by Crippen LogP contribution is 2.73. The van der Waals surface area contributed by atoms with E-state index in [0.717, 1.165) is 12.0 Å². The summed E-state index contributed by atoms with van der Waals surface area (Å²) < 4.78 is 65.9. The molecule has 0 aromatic heterocycles. The molecule has 28 heteroatoms. The maximum Gasteiger partial charge on any atom is 0.314 e. The second-order valence-electron chi connectivity index (χ2n) is 25.0. The zero-order chi connectivity index (χ0) is 59.5. The van der Waals surface area contributed by atoms with Crippen molar-refractivity contribution in [2.75, 3.05) is 60.0 Å². The molecule has 0 amide bonds. The van der Waals surface area contributed by atoms with Crippen LogP contribution in [0.2, 0.25) is 0 Å². The van der Waals surface area contributed by atoms with Crippen molar-refractivity contribution >= 4 is 5.97 Å². The first kappa shape index (κ1) is 64.6. The third-order valence-corrected chi connectivity index (χ3v) is 20.3. The van der Waals surface area contributed by atoms with Gasteiger partial charge in [-0.1, -0.05) is 19.9 Å². The van der Waals surface area contributed by atoms with E-state index >= 15 is 0 Å². The fourth-order valence-electron chi connectivity index (χ4n) is 15.8. The zero-order valence-corrected chi connectivity index (χ0v) is 46.4. The summed E-state index contributed by atoms with van der Waals surface area (Å²) in [6, 6.07) is 0. The molecule has 5 heterocycles. The predicted octanol–water partition coefficient (Wildman–Crippen LogP) is -6.30. The molecule has 0 radical (unpaired) electrons. The Morgan fingerprint density at radius 1 is 0.524 bits per heavy atom. The number of carbonyl (C=O) groups excluding carboxylic acids is 1. The quantitative estimate of drug-likeness (QED) is 0.0423. The van der Waals surface area contributed by atoms with Gasteiger partial charge in [0, 0.05) is 13.0 Å². The molecule has 28 nitrogen and oxygen atoms in total. The first-order valence-corrected chi connectivity index (χ1v) is 28.7. The molecule has 4 saturated carbocycles. The van der Waals surface area contributed by atoms with Crippen molar-refractivity contribution in [3.8, 4) is 0 Å². The monoisotopic (exact) mass is 1180 g/mol. The van der Waals surface area contributed by atoms with E-state index in [2.05, 4.69) is 13.5 Å². The Labute approximate surface area is 473 Å². The lowest BCUT2D eigenvalue weighted by atomic mass is 9.41. The van der Waals surface area contributed by atoms with E-state index in [4.69, 9.17) is 52.1 Å². The molecule has 2 bridgehead atoms. The van der Waals surface area contributed by atoms with Crippen molar-refractivity contribution in [3.05, 3.63) is 12.2 Å². The minimum Gasteiger partial charge on any atom is -0.432 e. The van der Waals surface area contributed by atoms with Crippen molar-refractivity contribution < 1.29 is 139 Å². The molecule has 4 aliphatic carbocycles. The number of aliphatic hydroxyl groups excluding tert-OH is 16. The molecule has 16 N–H and O–H groups in total. The molecule has 472 valence electrons. The number of esters is 1. The highest BCUT2D eigenvalue weighted by Gasteiger charge is 2.69. The standard InChI is InChI=1S/C54H88O28/c1-22-12-53-10-6-31-51(2,8-5-9-52(31,3)50(71)82-49-46(42(68)36(62)27(16-58)79-49)81-48-44(70)41(67)35(61)26(15-57)78-48)32(53)7-11-54(22,21-53)74-20-30-45(80-47-43(69)40(66)34(60)25(14-56)77-47)23(33(59)24(13-55)75-30)17-73-19-29-38(64)39(65)37(63)28(76-29)18-72-4/h23-49,55-70H,1,5-21H2,2-4H3/t23-,24?,25?,26?,27?,28?,29+,30+,31?,32+,33+,34-,35-,36-,37-,38?,39-,40-,41-,42-,43?,44?,45?,46?,47+,48+,49+,51-,52-,53-,54+/m1/s1. The minimum absolute atomic E-state index is 0.0375. The van der Waals surface area contributed by atoms with Gasteiger partial charge < -0.3 is 134 Å². The summed E-state index contributed by atoms with van der Waals surface area (Å²) in [5, 5.41) is 171. The number of carbonyl (C=O) groups is 1. The topological polar surface area (TPSA) is 442 Å². The molecule has 82 heavy (non-hydrogen) atoms. The van der Waals surface area contributed by atoms with E-state index in [9.17, 15) is 86.5 Å². The Balaban J connectivity index is 0.919. The molecule has 0 aromatic rings. The normalized spacial score (nSPS) is 52.4. The first-order valence-electron chi connectivity index (χ1n) is 28.7. The van der Waals surface area contributed by atoms with Crippen LogP contribution in [0.1, 0.15) is 71.6 Å². The van der Waals surface area contributed by atoms with Gasteiger partial charge in [-0.15, -0.1) is 0 Å². The SMILES string of the molecule is C=C1C[C@@]23CCC4[C@](C)(C(=O)O[C@@H]5OC(CO)[C@@H](O)[C@@H](O)C5O[C@@H]5OC(CO)[C@@H](O)[C@@H](O)C5O)CCC[C@@]4(C)[C@@H]2CC[C@]1(OC[C@@H]1OC(CO)[C@@H](O)[C@@H](COC[C@@H]2OC(COC)[C@@H](O)[C@@H](O)C2O)C1O[C@@H]1OC(CO)[C@@H](O)[C@@H](O)C1O)C3. The molecule has 9 aliphatic rings. The van der Waals surface area contributed by atoms with Gasteiger partial charge in [-0.2, -0.15) is 0 Å². The number of fused-ring (bicyclic) bond motifs is 3. The number of ether oxygens (including phenoxy) is 11. The smallest absolute Gasteiger partial charge is 0.314 e. The predicted molar refractivity (Wildman–Crippen MR) is 271 cm³/mol. The average molecular weight is 1190 g/mol. The van der Waals surface area contributed by atoms with Gasteiger partial charge in [-0.3, -0.25) is 4.79 Å². The summed E-state index contributed by atoms with van der Waals surface area (Å²) in [5.41, 5.74) is -2.07. The number of hydrogen-bond acceptors (Lipinski definition) is 28. The summed E-state index contributed by atoms with van der Waals surface area (Å²) in [6.45, 7) is 4.45. The van der Waals surface area contributed by atoms with Crippen LogP contribution < -0.4 is 0 Å². The van der Waals surface area contributed by atoms with Gasteiger partial charge in [-0.05, 0) is 86.5 Å². The van der Waals surface area contributed by atoms with Crippen LogP contribution in [0.15, 0.2) is 12.2 Å². The fraction of sp³-hybridized carbons (Fsp3) is 0.944. The van der Waals surface area contributed by atoms with E-state index < -0.39 is 202 Å². The Morgan fingerprint density at radius 2 is 1.02 bits per heavy atom. The third kappa shape index (κ3) is 11.6. The van der Waals surface area contributed by atoms with Crippen molar-refractivity contribution in [1.82, 2.24) is 0 Å². The van der Waals surface area contributed by atoms with Gasteiger partial charge in [0.15, 0.2) is 18.7 Å². The molecule has 5 saturated heterocycles. The zero-order valence-electron chi connectivity index (χ0n) is 46.4. The van der Waals surface area contributed by atoms with Gasteiger partial charge in [0.2, 0.25) is 6.29 Å². The Kier molecular flexibility index (Phi) is 20.3. The Hall–Kier alpha value is -1.83. The van der Waals surface area contributed by atoms with E-state index in [1.54, 1.807) is 0 Å². The van der Waals surface area contributed by atoms with E-state index in [0.29, 0.717) is 51.4 Å². The van der Waals surface area contributed by atoms with Crippen LogP contribution in [0.5, 0.6) is 0 Å². The molecule has 31 atom stereocenters. The van der Waals surface area contributed by atoms with Crippen molar-refractivity contribution in [2.24, 2.45) is 34.0 Å². The highest BCUT2D eigenvalue weighted by molar-refractivity contribution is 5.77. The minimum atomic E-state index is -1.91. The maximum absolute atomic E-state index is 14.9.